The van der Waals surface area contributed by atoms with Crippen molar-refractivity contribution in [1.29, 1.82) is 0 Å². The second kappa shape index (κ2) is 7.35. The Bertz CT molecular complexity index is 1030. The van der Waals surface area contributed by atoms with Gasteiger partial charge in [-0.05, 0) is 59.9 Å². The maximum atomic E-state index is 13.5. The van der Waals surface area contributed by atoms with E-state index in [9.17, 15) is 8.78 Å². The van der Waals surface area contributed by atoms with Gasteiger partial charge in [-0.15, -0.1) is 10.2 Å². The first-order chi connectivity index (χ1) is 14.1. The highest BCUT2D eigenvalue weighted by Gasteiger charge is 2.55. The smallest absolute Gasteiger partial charge is 0.148 e. The van der Waals surface area contributed by atoms with Crippen LogP contribution in [0.15, 0.2) is 54.6 Å². The Hall–Kier alpha value is -2.57. The molecule has 2 atom stereocenters. The van der Waals surface area contributed by atoms with Crippen molar-refractivity contribution < 1.29 is 8.78 Å². The average Bonchev–Trinajstić information content (AvgIpc) is 3.14. The third-order valence-corrected chi connectivity index (χ3v) is 6.08. The van der Waals surface area contributed by atoms with Crippen molar-refractivity contribution in [1.82, 2.24) is 15.1 Å². The van der Waals surface area contributed by atoms with E-state index in [1.54, 1.807) is 18.2 Å². The number of nitrogens with zero attached hydrogens (tertiary/aromatic N) is 3. The normalized spacial score (nSPS) is 23.1. The average molecular weight is 413 g/mol. The zero-order valence-electron chi connectivity index (χ0n) is 15.5. The molecule has 4 nitrogen and oxygen atoms in total. The minimum atomic E-state index is -0.359. The van der Waals surface area contributed by atoms with E-state index in [2.05, 4.69) is 20.4 Å². The molecule has 2 heterocycles. The fourth-order valence-electron chi connectivity index (χ4n) is 4.27. The van der Waals surface area contributed by atoms with Crippen LogP contribution >= 0.6 is 11.6 Å². The first-order valence-corrected chi connectivity index (χ1v) is 9.97. The Kier molecular flexibility index (Phi) is 4.68. The summed E-state index contributed by atoms with van der Waals surface area (Å²) in [6, 6.07) is 15.0. The largest absolute Gasteiger partial charge is 0.365 e. The third-order valence-electron chi connectivity index (χ3n) is 5.75. The Labute approximate surface area is 172 Å². The van der Waals surface area contributed by atoms with E-state index >= 15 is 0 Å². The summed E-state index contributed by atoms with van der Waals surface area (Å²) in [6.07, 6.45) is 0. The monoisotopic (exact) mass is 412 g/mol. The zero-order valence-corrected chi connectivity index (χ0v) is 16.3. The van der Waals surface area contributed by atoms with Gasteiger partial charge in [-0.3, -0.25) is 4.90 Å². The van der Waals surface area contributed by atoms with E-state index in [1.807, 2.05) is 12.1 Å². The van der Waals surface area contributed by atoms with Crippen LogP contribution < -0.4 is 5.32 Å². The Morgan fingerprint density at radius 1 is 0.966 bits per heavy atom. The first kappa shape index (κ1) is 18.5. The molecule has 29 heavy (non-hydrogen) atoms. The molecule has 1 N–H and O–H groups in total. The number of benzene rings is 2. The number of halogens is 3. The van der Waals surface area contributed by atoms with E-state index in [-0.39, 0.29) is 11.6 Å². The van der Waals surface area contributed by atoms with Crippen molar-refractivity contribution in [3.8, 4) is 11.3 Å². The molecule has 1 saturated carbocycles. The number of nitrogens with one attached hydrogen (secondary N) is 1. The first-order valence-electron chi connectivity index (χ1n) is 9.59. The van der Waals surface area contributed by atoms with Crippen LogP contribution in [-0.4, -0.2) is 34.2 Å². The fraction of sp³-hybridized carbons (Fsp3) is 0.273. The molecular weight excluding hydrogens is 394 g/mol. The van der Waals surface area contributed by atoms with Crippen LogP contribution in [0.1, 0.15) is 5.56 Å². The van der Waals surface area contributed by atoms with Crippen LogP contribution in [0.3, 0.4) is 0 Å². The van der Waals surface area contributed by atoms with Gasteiger partial charge in [0.15, 0.2) is 0 Å². The number of anilines is 1. The summed E-state index contributed by atoms with van der Waals surface area (Å²) in [4.78, 5) is 2.36. The molecule has 1 aliphatic carbocycles. The highest BCUT2D eigenvalue weighted by molar-refractivity contribution is 6.33. The lowest BCUT2D eigenvalue weighted by Crippen LogP contribution is -2.27. The molecule has 2 fully saturated rings. The van der Waals surface area contributed by atoms with Gasteiger partial charge in [-0.2, -0.15) is 0 Å². The van der Waals surface area contributed by atoms with Crippen LogP contribution in [0.5, 0.6) is 0 Å². The van der Waals surface area contributed by atoms with Crippen molar-refractivity contribution in [2.24, 2.45) is 11.8 Å². The Morgan fingerprint density at radius 3 is 2.48 bits per heavy atom. The molecule has 2 aliphatic rings. The van der Waals surface area contributed by atoms with Crippen molar-refractivity contribution in [2.45, 2.75) is 12.6 Å². The lowest BCUT2D eigenvalue weighted by atomic mass is 10.1. The Morgan fingerprint density at radius 2 is 1.76 bits per heavy atom. The van der Waals surface area contributed by atoms with Crippen molar-refractivity contribution in [3.63, 3.8) is 0 Å². The molecule has 5 rings (SSSR count). The lowest BCUT2D eigenvalue weighted by molar-refractivity contribution is 0.292. The summed E-state index contributed by atoms with van der Waals surface area (Å²) >= 11 is 6.13. The van der Waals surface area contributed by atoms with E-state index < -0.39 is 0 Å². The maximum Gasteiger partial charge on any atom is 0.148 e. The van der Waals surface area contributed by atoms with Crippen molar-refractivity contribution >= 4 is 17.4 Å². The molecular formula is C22H19ClF2N4. The van der Waals surface area contributed by atoms with Crippen molar-refractivity contribution in [3.05, 3.63) is 76.8 Å². The standard InChI is InChI=1S/C22H19ClF2N4/c23-19-5-4-15(25)9-16(19)20-6-7-21(28-27-20)26-22-17-11-29(12-18(17)22)10-13-2-1-3-14(24)8-13/h1-9,17-18,22H,10-12H2,(H,26,28). The molecule has 148 valence electrons. The van der Waals surface area contributed by atoms with Gasteiger partial charge in [0, 0.05) is 31.2 Å². The SMILES string of the molecule is Fc1cccc(CN2CC3C(C2)C3Nc2ccc(-c3cc(F)ccc3Cl)nn2)c1. The highest BCUT2D eigenvalue weighted by Crippen LogP contribution is 2.47. The molecule has 0 bridgehead atoms. The summed E-state index contributed by atoms with van der Waals surface area (Å²) in [5, 5.41) is 12.3. The number of hydrogen-bond acceptors (Lipinski definition) is 4. The molecule has 2 unspecified atom stereocenters. The Balaban J connectivity index is 1.18. The predicted octanol–water partition coefficient (Wildman–Crippen LogP) is 4.62. The maximum absolute atomic E-state index is 13.5. The van der Waals surface area contributed by atoms with Crippen LogP contribution in [-0.2, 0) is 6.54 Å². The van der Waals surface area contributed by atoms with Gasteiger partial charge in [-0.1, -0.05) is 23.7 Å². The van der Waals surface area contributed by atoms with Crippen LogP contribution in [0.25, 0.3) is 11.3 Å². The van der Waals surface area contributed by atoms with Gasteiger partial charge in [0.05, 0.1) is 10.7 Å². The number of piperidine rings is 1. The van der Waals surface area contributed by atoms with Gasteiger partial charge < -0.3 is 5.32 Å². The summed E-state index contributed by atoms with van der Waals surface area (Å²) in [7, 11) is 0. The summed E-state index contributed by atoms with van der Waals surface area (Å²) in [5.41, 5.74) is 2.08. The number of rotatable bonds is 5. The third kappa shape index (κ3) is 3.82. The second-order valence-electron chi connectivity index (χ2n) is 7.75. The van der Waals surface area contributed by atoms with E-state index in [0.29, 0.717) is 40.0 Å². The topological polar surface area (TPSA) is 41.0 Å². The molecule has 7 heteroatoms. The molecule has 2 aromatic carbocycles. The molecule has 0 spiro atoms. The molecule has 0 amide bonds. The fourth-order valence-corrected chi connectivity index (χ4v) is 4.48. The predicted molar refractivity (Wildman–Crippen MR) is 109 cm³/mol. The quantitative estimate of drug-likeness (QED) is 0.664. The second-order valence-corrected chi connectivity index (χ2v) is 8.16. The van der Waals surface area contributed by atoms with E-state index in [4.69, 9.17) is 11.6 Å². The summed E-state index contributed by atoms with van der Waals surface area (Å²) in [5.74, 6) is 1.30. The summed E-state index contributed by atoms with van der Waals surface area (Å²) < 4.78 is 26.8. The van der Waals surface area contributed by atoms with E-state index in [1.165, 1.54) is 24.3 Å². The number of likely N-dealkylation sites (tertiary alicyclic amines) is 1. The number of fused-ring (bicyclic) bond motifs is 1. The summed E-state index contributed by atoms with van der Waals surface area (Å²) in [6.45, 7) is 2.76. The van der Waals surface area contributed by atoms with Crippen molar-refractivity contribution in [2.75, 3.05) is 18.4 Å². The van der Waals surface area contributed by atoms with Crippen LogP contribution in [0, 0.1) is 23.5 Å². The van der Waals surface area contributed by atoms with Gasteiger partial charge >= 0.3 is 0 Å². The molecule has 1 aliphatic heterocycles. The molecule has 1 aromatic heterocycles. The number of aromatic nitrogens is 2. The van der Waals surface area contributed by atoms with Crippen LogP contribution in [0.4, 0.5) is 14.6 Å². The zero-order chi connectivity index (χ0) is 20.0. The lowest BCUT2D eigenvalue weighted by Gasteiger charge is -2.20. The minimum Gasteiger partial charge on any atom is -0.365 e. The molecule has 0 radical (unpaired) electrons. The molecule has 3 aromatic rings. The van der Waals surface area contributed by atoms with Gasteiger partial charge in [0.2, 0.25) is 0 Å². The van der Waals surface area contributed by atoms with Crippen LogP contribution in [0.2, 0.25) is 5.02 Å². The molecule has 1 saturated heterocycles. The van der Waals surface area contributed by atoms with E-state index in [0.717, 1.165) is 25.2 Å². The minimum absolute atomic E-state index is 0.187. The van der Waals surface area contributed by atoms with Gasteiger partial charge in [0.1, 0.15) is 17.5 Å². The highest BCUT2D eigenvalue weighted by atomic mass is 35.5. The number of hydrogen-bond donors (Lipinski definition) is 1. The van der Waals surface area contributed by atoms with Gasteiger partial charge in [-0.25, -0.2) is 8.78 Å². The van der Waals surface area contributed by atoms with Gasteiger partial charge in [0.25, 0.3) is 0 Å².